The fourth-order valence-electron chi connectivity index (χ4n) is 3.37. The molecule has 0 bridgehead atoms. The highest BCUT2D eigenvalue weighted by Gasteiger charge is 2.24. The van der Waals surface area contributed by atoms with Crippen LogP contribution in [-0.4, -0.2) is 51.7 Å². The summed E-state index contributed by atoms with van der Waals surface area (Å²) >= 11 is 0. The third-order valence-electron chi connectivity index (χ3n) is 4.82. The minimum atomic E-state index is -0.292. The van der Waals surface area contributed by atoms with Crippen LogP contribution in [-0.2, 0) is 0 Å². The first-order valence-corrected chi connectivity index (χ1v) is 8.33. The van der Waals surface area contributed by atoms with Crippen LogP contribution < -0.4 is 10.6 Å². The molecule has 1 amide bonds. The van der Waals surface area contributed by atoms with E-state index in [0.29, 0.717) is 18.3 Å². The Bertz CT molecular complexity index is 498. The van der Waals surface area contributed by atoms with Gasteiger partial charge in [0.1, 0.15) is 0 Å². The van der Waals surface area contributed by atoms with E-state index in [2.05, 4.69) is 20.9 Å². The van der Waals surface area contributed by atoms with Crippen LogP contribution in [0, 0.1) is 5.92 Å². The largest absolute Gasteiger partial charge is 0.393 e. The zero-order valence-corrected chi connectivity index (χ0v) is 12.9. The second-order valence-corrected chi connectivity index (χ2v) is 6.39. The highest BCUT2D eigenvalue weighted by Crippen LogP contribution is 2.23. The molecule has 0 radical (unpaired) electrons. The first kappa shape index (κ1) is 15.4. The molecule has 2 fully saturated rings. The van der Waals surface area contributed by atoms with E-state index < -0.39 is 0 Å². The molecule has 1 saturated heterocycles. The lowest BCUT2D eigenvalue weighted by Crippen LogP contribution is -2.36. The van der Waals surface area contributed by atoms with Crippen LogP contribution in [0.1, 0.15) is 55.1 Å². The van der Waals surface area contributed by atoms with Crippen molar-refractivity contribution in [2.75, 3.05) is 19.6 Å². The molecule has 3 N–H and O–H groups in total. The summed E-state index contributed by atoms with van der Waals surface area (Å²) in [5, 5.41) is 24.2. The summed E-state index contributed by atoms with van der Waals surface area (Å²) in [7, 11) is 0. The molecule has 1 aliphatic carbocycles. The molecule has 22 heavy (non-hydrogen) atoms. The number of carbonyl (C=O) groups excluding carboxylic acids is 1. The van der Waals surface area contributed by atoms with Gasteiger partial charge in [-0.1, -0.05) is 18.1 Å². The number of carbonyl (C=O) groups is 1. The maximum Gasteiger partial charge on any atom is 0.273 e. The molecular weight excluding hydrogens is 282 g/mol. The molecule has 122 valence electrons. The van der Waals surface area contributed by atoms with Crippen molar-refractivity contribution in [3.63, 3.8) is 0 Å². The Balaban J connectivity index is 1.52. The summed E-state index contributed by atoms with van der Waals surface area (Å²) in [5.41, 5.74) is 0.365. The minimum absolute atomic E-state index is 0.164. The summed E-state index contributed by atoms with van der Waals surface area (Å²) < 4.78 is 1.81. The van der Waals surface area contributed by atoms with Gasteiger partial charge in [-0.3, -0.25) is 4.79 Å². The molecule has 0 aromatic carbocycles. The van der Waals surface area contributed by atoms with Gasteiger partial charge in [0.15, 0.2) is 5.69 Å². The Morgan fingerprint density at radius 2 is 2.09 bits per heavy atom. The van der Waals surface area contributed by atoms with Crippen LogP contribution in [0.2, 0.25) is 0 Å². The lowest BCUT2D eigenvalue weighted by atomic mass is 9.86. The van der Waals surface area contributed by atoms with Crippen molar-refractivity contribution in [1.82, 2.24) is 25.6 Å². The van der Waals surface area contributed by atoms with Crippen LogP contribution in [0.4, 0.5) is 0 Å². The van der Waals surface area contributed by atoms with E-state index in [4.69, 9.17) is 0 Å². The van der Waals surface area contributed by atoms with Gasteiger partial charge >= 0.3 is 0 Å². The van der Waals surface area contributed by atoms with Gasteiger partial charge in [-0.15, -0.1) is 5.10 Å². The molecule has 2 atom stereocenters. The number of nitrogens with zero attached hydrogens (tertiary/aromatic N) is 3. The van der Waals surface area contributed by atoms with Crippen LogP contribution >= 0.6 is 0 Å². The van der Waals surface area contributed by atoms with E-state index in [1.54, 1.807) is 6.20 Å². The Morgan fingerprint density at radius 3 is 2.86 bits per heavy atom. The molecule has 1 aromatic heterocycles. The van der Waals surface area contributed by atoms with E-state index in [9.17, 15) is 9.90 Å². The van der Waals surface area contributed by atoms with Crippen LogP contribution in [0.5, 0.6) is 0 Å². The van der Waals surface area contributed by atoms with E-state index in [1.165, 1.54) is 0 Å². The monoisotopic (exact) mass is 307 g/mol. The molecule has 1 saturated carbocycles. The Labute approximate surface area is 130 Å². The predicted octanol–water partition coefficient (Wildman–Crippen LogP) is 0.483. The third kappa shape index (κ3) is 3.64. The molecule has 7 nitrogen and oxygen atoms in total. The lowest BCUT2D eigenvalue weighted by Gasteiger charge is -2.27. The van der Waals surface area contributed by atoms with Crippen LogP contribution in [0.15, 0.2) is 6.20 Å². The van der Waals surface area contributed by atoms with Gasteiger partial charge in [-0.05, 0) is 38.8 Å². The average molecular weight is 307 g/mol. The molecule has 1 aliphatic heterocycles. The highest BCUT2D eigenvalue weighted by molar-refractivity contribution is 5.91. The van der Waals surface area contributed by atoms with E-state index in [1.807, 2.05) is 4.68 Å². The Hall–Kier alpha value is -1.47. The first-order valence-electron chi connectivity index (χ1n) is 8.33. The van der Waals surface area contributed by atoms with E-state index in [-0.39, 0.29) is 17.9 Å². The van der Waals surface area contributed by atoms with Crippen LogP contribution in [0.25, 0.3) is 0 Å². The van der Waals surface area contributed by atoms with Crippen molar-refractivity contribution in [2.24, 2.45) is 5.92 Å². The summed E-state index contributed by atoms with van der Waals surface area (Å²) in [6.07, 6.45) is 7.49. The molecule has 2 heterocycles. The smallest absolute Gasteiger partial charge is 0.273 e. The Kier molecular flexibility index (Phi) is 5.04. The minimum Gasteiger partial charge on any atom is -0.393 e. The number of piperidine rings is 1. The molecule has 0 unspecified atom stereocenters. The summed E-state index contributed by atoms with van der Waals surface area (Å²) in [6.45, 7) is 2.47. The van der Waals surface area contributed by atoms with E-state index in [0.717, 1.165) is 51.6 Å². The maximum absolute atomic E-state index is 12.2. The Morgan fingerprint density at radius 1 is 1.32 bits per heavy atom. The quantitative estimate of drug-likeness (QED) is 0.752. The second kappa shape index (κ2) is 7.19. The standard InChI is InChI=1S/C15H25N5O2/c21-14-4-2-1-3-11(14)9-17-15(22)13-10-20(19-18-13)12-5-7-16-8-6-12/h10-12,14,16,21H,1-9H2,(H,17,22)/t11-,14+/m0/s1. The van der Waals surface area contributed by atoms with Crippen molar-refractivity contribution in [3.8, 4) is 0 Å². The van der Waals surface area contributed by atoms with Gasteiger partial charge in [0.2, 0.25) is 0 Å². The number of amides is 1. The first-order chi connectivity index (χ1) is 10.7. The zero-order valence-electron chi connectivity index (χ0n) is 12.9. The molecule has 7 heteroatoms. The molecular formula is C15H25N5O2. The number of rotatable bonds is 4. The SMILES string of the molecule is O=C(NC[C@@H]1CCCC[C@H]1O)c1cn(C2CCNCC2)nn1. The van der Waals surface area contributed by atoms with Gasteiger partial charge in [0, 0.05) is 12.5 Å². The number of hydrogen-bond acceptors (Lipinski definition) is 5. The highest BCUT2D eigenvalue weighted by atomic mass is 16.3. The van der Waals surface area contributed by atoms with Gasteiger partial charge in [-0.25, -0.2) is 4.68 Å². The fourth-order valence-corrected chi connectivity index (χ4v) is 3.37. The van der Waals surface area contributed by atoms with Crippen molar-refractivity contribution in [3.05, 3.63) is 11.9 Å². The van der Waals surface area contributed by atoms with Gasteiger partial charge in [0.25, 0.3) is 5.91 Å². The zero-order chi connectivity index (χ0) is 15.4. The summed E-state index contributed by atoms with van der Waals surface area (Å²) in [6, 6.07) is 0.329. The average Bonchev–Trinajstić information content (AvgIpc) is 3.05. The van der Waals surface area contributed by atoms with Gasteiger partial charge < -0.3 is 15.7 Å². The summed E-state index contributed by atoms with van der Waals surface area (Å²) in [4.78, 5) is 12.2. The van der Waals surface area contributed by atoms with Gasteiger partial charge in [-0.2, -0.15) is 0 Å². The molecule has 1 aromatic rings. The molecule has 3 rings (SSSR count). The third-order valence-corrected chi connectivity index (χ3v) is 4.82. The van der Waals surface area contributed by atoms with Crippen LogP contribution in [0.3, 0.4) is 0 Å². The van der Waals surface area contributed by atoms with Crippen molar-refractivity contribution >= 4 is 5.91 Å². The predicted molar refractivity (Wildman–Crippen MR) is 81.5 cm³/mol. The topological polar surface area (TPSA) is 92.1 Å². The molecule has 0 spiro atoms. The maximum atomic E-state index is 12.2. The second-order valence-electron chi connectivity index (χ2n) is 6.39. The number of nitrogens with one attached hydrogen (secondary N) is 2. The van der Waals surface area contributed by atoms with Crippen molar-refractivity contribution < 1.29 is 9.90 Å². The number of aromatic nitrogens is 3. The molecule has 2 aliphatic rings. The van der Waals surface area contributed by atoms with Crippen molar-refractivity contribution in [1.29, 1.82) is 0 Å². The van der Waals surface area contributed by atoms with E-state index >= 15 is 0 Å². The fraction of sp³-hybridized carbons (Fsp3) is 0.800. The van der Waals surface area contributed by atoms with Gasteiger partial charge in [0.05, 0.1) is 18.3 Å². The number of hydrogen-bond donors (Lipinski definition) is 3. The number of aliphatic hydroxyl groups excluding tert-OH is 1. The summed E-state index contributed by atoms with van der Waals surface area (Å²) in [5.74, 6) is -0.0323. The van der Waals surface area contributed by atoms with Crippen molar-refractivity contribution in [2.45, 2.75) is 50.7 Å². The lowest BCUT2D eigenvalue weighted by molar-refractivity contribution is 0.0661. The number of aliphatic hydroxyl groups is 1. The normalized spacial score (nSPS) is 26.8.